The highest BCUT2D eigenvalue weighted by molar-refractivity contribution is 8.00. The van der Waals surface area contributed by atoms with Crippen molar-refractivity contribution in [3.05, 3.63) is 116 Å². The molecule has 0 saturated heterocycles. The summed E-state index contributed by atoms with van der Waals surface area (Å²) in [6, 6.07) is 25.9. The molecule has 2 aromatic heterocycles. The Hall–Kier alpha value is -3.14. The number of thioether (sulfide) groups is 1. The first-order valence-corrected chi connectivity index (χ1v) is 14.7. The molecule has 2 amide bonds. The van der Waals surface area contributed by atoms with E-state index < -0.39 is 5.25 Å². The topological polar surface area (TPSA) is 71.1 Å². The maximum Gasteiger partial charge on any atom is 0.265 e. The Morgan fingerprint density at radius 1 is 0.842 bits per heavy atom. The van der Waals surface area contributed by atoms with Crippen LogP contribution in [0.4, 0.5) is 10.8 Å². The van der Waals surface area contributed by atoms with Crippen molar-refractivity contribution in [3.63, 3.8) is 0 Å². The number of carbonyl (C=O) groups is 2. The fraction of sp³-hybridized carbons (Fsp3) is 0.0357. The van der Waals surface area contributed by atoms with Crippen LogP contribution in [-0.2, 0) is 4.79 Å². The Morgan fingerprint density at radius 3 is 2.45 bits per heavy atom. The second kappa shape index (κ2) is 12.1. The Balaban J connectivity index is 1.34. The van der Waals surface area contributed by atoms with Crippen molar-refractivity contribution in [1.82, 2.24) is 4.98 Å². The maximum absolute atomic E-state index is 13.5. The van der Waals surface area contributed by atoms with E-state index in [1.165, 1.54) is 34.4 Å². The van der Waals surface area contributed by atoms with Gasteiger partial charge in [0.15, 0.2) is 5.13 Å². The molecule has 0 bridgehead atoms. The Labute approximate surface area is 241 Å². The first kappa shape index (κ1) is 26.5. The first-order valence-electron chi connectivity index (χ1n) is 11.3. The van der Waals surface area contributed by atoms with E-state index in [0.717, 1.165) is 16.0 Å². The zero-order chi connectivity index (χ0) is 26.5. The van der Waals surface area contributed by atoms with Gasteiger partial charge in [0.1, 0.15) is 5.25 Å². The largest absolute Gasteiger partial charge is 0.321 e. The normalized spacial score (nSPS) is 11.6. The highest BCUT2D eigenvalue weighted by Gasteiger charge is 2.23. The molecule has 190 valence electrons. The first-order chi connectivity index (χ1) is 18.5. The molecular formula is C28H19Cl2N3O2S3. The lowest BCUT2D eigenvalue weighted by Crippen LogP contribution is -2.19. The number of aromatic nitrogens is 1. The SMILES string of the molecule is O=C(Nc1cccc(SC(C(=O)Nc2nc(-c3ccc(Cl)c(Cl)c3)cs2)c2ccccc2)c1)c1cccs1. The highest BCUT2D eigenvalue weighted by atomic mass is 35.5. The molecule has 5 aromatic rings. The number of amides is 2. The molecule has 2 N–H and O–H groups in total. The number of rotatable bonds is 8. The number of anilines is 2. The van der Waals surface area contributed by atoms with E-state index >= 15 is 0 Å². The lowest BCUT2D eigenvalue weighted by molar-refractivity contribution is -0.115. The van der Waals surface area contributed by atoms with Gasteiger partial charge in [-0.15, -0.1) is 34.4 Å². The third-order valence-electron chi connectivity index (χ3n) is 5.38. The summed E-state index contributed by atoms with van der Waals surface area (Å²) < 4.78 is 0. The van der Waals surface area contributed by atoms with Gasteiger partial charge in [-0.1, -0.05) is 71.7 Å². The number of hydrogen-bond acceptors (Lipinski definition) is 6. The molecule has 1 unspecified atom stereocenters. The molecule has 10 heteroatoms. The minimum Gasteiger partial charge on any atom is -0.321 e. The fourth-order valence-corrected chi connectivity index (χ4v) is 6.30. The van der Waals surface area contributed by atoms with Crippen molar-refractivity contribution in [2.75, 3.05) is 10.6 Å². The number of carbonyl (C=O) groups excluding carboxylic acids is 2. The van der Waals surface area contributed by atoms with Crippen molar-refractivity contribution in [2.24, 2.45) is 0 Å². The smallest absolute Gasteiger partial charge is 0.265 e. The quantitative estimate of drug-likeness (QED) is 0.176. The van der Waals surface area contributed by atoms with E-state index in [0.29, 0.717) is 31.4 Å². The van der Waals surface area contributed by atoms with Crippen LogP contribution in [0.25, 0.3) is 11.3 Å². The third-order valence-corrected chi connectivity index (χ3v) is 8.99. The van der Waals surface area contributed by atoms with Crippen LogP contribution in [0, 0.1) is 0 Å². The Morgan fingerprint density at radius 2 is 1.68 bits per heavy atom. The average molecular weight is 597 g/mol. The predicted octanol–water partition coefficient (Wildman–Crippen LogP) is 8.90. The fourth-order valence-electron chi connectivity index (χ4n) is 3.57. The number of nitrogens with zero attached hydrogens (tertiary/aromatic N) is 1. The zero-order valence-electron chi connectivity index (χ0n) is 19.6. The van der Waals surface area contributed by atoms with Crippen LogP contribution >= 0.6 is 57.6 Å². The van der Waals surface area contributed by atoms with Crippen molar-refractivity contribution in [1.29, 1.82) is 0 Å². The molecule has 0 spiro atoms. The minimum atomic E-state index is -0.545. The Kier molecular flexibility index (Phi) is 8.46. The second-order valence-electron chi connectivity index (χ2n) is 8.02. The van der Waals surface area contributed by atoms with E-state index in [-0.39, 0.29) is 11.8 Å². The highest BCUT2D eigenvalue weighted by Crippen LogP contribution is 2.38. The number of thiazole rings is 1. The van der Waals surface area contributed by atoms with Gasteiger partial charge < -0.3 is 10.6 Å². The summed E-state index contributed by atoms with van der Waals surface area (Å²) in [6.07, 6.45) is 0. The minimum absolute atomic E-state index is 0.166. The van der Waals surface area contributed by atoms with Gasteiger partial charge in [-0.25, -0.2) is 4.98 Å². The molecule has 5 nitrogen and oxygen atoms in total. The monoisotopic (exact) mass is 595 g/mol. The second-order valence-corrected chi connectivity index (χ2v) is 11.8. The Bertz CT molecular complexity index is 1570. The summed E-state index contributed by atoms with van der Waals surface area (Å²) in [5.74, 6) is -0.370. The summed E-state index contributed by atoms with van der Waals surface area (Å²) in [7, 11) is 0. The molecule has 3 aromatic carbocycles. The van der Waals surface area contributed by atoms with Gasteiger partial charge in [-0.3, -0.25) is 9.59 Å². The van der Waals surface area contributed by atoms with Gasteiger partial charge in [-0.05, 0) is 47.3 Å². The van der Waals surface area contributed by atoms with Crippen molar-refractivity contribution < 1.29 is 9.59 Å². The van der Waals surface area contributed by atoms with Crippen LogP contribution in [-0.4, -0.2) is 16.8 Å². The molecular weight excluding hydrogens is 577 g/mol. The summed E-state index contributed by atoms with van der Waals surface area (Å²) in [4.78, 5) is 32.0. The number of nitrogens with one attached hydrogen (secondary N) is 2. The van der Waals surface area contributed by atoms with E-state index in [1.54, 1.807) is 18.2 Å². The third kappa shape index (κ3) is 6.46. The van der Waals surface area contributed by atoms with E-state index in [2.05, 4.69) is 15.6 Å². The molecule has 0 aliphatic carbocycles. The van der Waals surface area contributed by atoms with Gasteiger partial charge in [-0.2, -0.15) is 0 Å². The molecule has 5 rings (SSSR count). The zero-order valence-corrected chi connectivity index (χ0v) is 23.5. The molecule has 1 atom stereocenters. The molecule has 0 saturated carbocycles. The summed E-state index contributed by atoms with van der Waals surface area (Å²) in [5, 5.41) is 10.5. The van der Waals surface area contributed by atoms with Crippen LogP contribution in [0.15, 0.2) is 101 Å². The molecule has 0 aliphatic heterocycles. The van der Waals surface area contributed by atoms with Gasteiger partial charge in [0.05, 0.1) is 20.6 Å². The van der Waals surface area contributed by atoms with Crippen LogP contribution in [0.3, 0.4) is 0 Å². The average Bonchev–Trinajstić information content (AvgIpc) is 3.63. The van der Waals surface area contributed by atoms with Gasteiger partial charge in [0, 0.05) is 21.5 Å². The predicted molar refractivity (Wildman–Crippen MR) is 160 cm³/mol. The summed E-state index contributed by atoms with van der Waals surface area (Å²) >= 11 is 16.3. The molecule has 2 heterocycles. The lowest BCUT2D eigenvalue weighted by atomic mass is 10.1. The number of benzene rings is 3. The van der Waals surface area contributed by atoms with E-state index in [1.807, 2.05) is 77.5 Å². The van der Waals surface area contributed by atoms with E-state index in [9.17, 15) is 9.59 Å². The maximum atomic E-state index is 13.5. The van der Waals surface area contributed by atoms with Crippen LogP contribution in [0.2, 0.25) is 10.0 Å². The molecule has 0 radical (unpaired) electrons. The summed E-state index contributed by atoms with van der Waals surface area (Å²) in [5.41, 5.74) is 3.02. The number of thiophene rings is 1. The van der Waals surface area contributed by atoms with E-state index in [4.69, 9.17) is 23.2 Å². The number of hydrogen-bond donors (Lipinski definition) is 2. The van der Waals surface area contributed by atoms with Crippen LogP contribution < -0.4 is 10.6 Å². The van der Waals surface area contributed by atoms with Crippen LogP contribution in [0.5, 0.6) is 0 Å². The standard InChI is InChI=1S/C28H19Cl2N3O2S3/c29-21-12-11-18(14-22(21)30)23-16-37-28(32-23)33-27(35)25(17-6-2-1-3-7-17)38-20-9-4-8-19(15-20)31-26(34)24-10-5-13-36-24/h1-16,25H,(H,31,34)(H,32,33,35). The number of halogens is 2. The molecule has 0 aliphatic rings. The molecule has 38 heavy (non-hydrogen) atoms. The van der Waals surface area contributed by atoms with Crippen molar-refractivity contribution in [3.8, 4) is 11.3 Å². The van der Waals surface area contributed by atoms with Crippen molar-refractivity contribution in [2.45, 2.75) is 10.1 Å². The van der Waals surface area contributed by atoms with Gasteiger partial charge >= 0.3 is 0 Å². The summed E-state index contributed by atoms with van der Waals surface area (Å²) in [6.45, 7) is 0. The lowest BCUT2D eigenvalue weighted by Gasteiger charge is -2.17. The van der Waals surface area contributed by atoms with Gasteiger partial charge in [0.25, 0.3) is 5.91 Å². The van der Waals surface area contributed by atoms with Crippen molar-refractivity contribution >= 4 is 80.3 Å². The van der Waals surface area contributed by atoms with Crippen LogP contribution in [0.1, 0.15) is 20.5 Å². The molecule has 0 fully saturated rings. The van der Waals surface area contributed by atoms with Gasteiger partial charge in [0.2, 0.25) is 5.91 Å².